The molecule has 0 bridgehead atoms. The molecule has 3 aromatic rings. The summed E-state index contributed by atoms with van der Waals surface area (Å²) in [6, 6.07) is 2.84. The van der Waals surface area contributed by atoms with Crippen LogP contribution in [0.5, 0.6) is 5.75 Å². The number of fused-ring (bicyclic) bond motifs is 1. The number of nitrogens with zero attached hydrogens (tertiary/aromatic N) is 6. The van der Waals surface area contributed by atoms with Crippen molar-refractivity contribution in [2.75, 3.05) is 43.5 Å². The molecule has 1 aliphatic heterocycles. The Bertz CT molecular complexity index is 1770. The first kappa shape index (κ1) is 34.8. The van der Waals surface area contributed by atoms with E-state index in [0.29, 0.717) is 49.8 Å². The predicted octanol–water partition coefficient (Wildman–Crippen LogP) is 5.52. The van der Waals surface area contributed by atoms with E-state index in [0.717, 1.165) is 55.9 Å². The van der Waals surface area contributed by atoms with Crippen LogP contribution in [0.4, 0.5) is 29.3 Å². The molecule has 1 saturated heterocycles. The lowest BCUT2D eigenvalue weighted by molar-refractivity contribution is -0.137. The fraction of sp³-hybridized carbons (Fsp3) is 0.545. The van der Waals surface area contributed by atoms with Gasteiger partial charge in [-0.3, -0.25) is 9.59 Å². The molecule has 12 nitrogen and oxygen atoms in total. The SMILES string of the molecule is CCc1c(N2CCN(C(=O)OC(C)(C)C)CC2)c(=O)n2nc(C3=CCCCCC3)nc2n1CC(=O)Nc1ccc(C(F)(F)F)cc1OC. The lowest BCUT2D eigenvalue weighted by Gasteiger charge is -2.37. The number of amides is 2. The number of hydrogen-bond donors (Lipinski definition) is 1. The van der Waals surface area contributed by atoms with Crippen molar-refractivity contribution < 1.29 is 32.2 Å². The fourth-order valence-corrected chi connectivity index (χ4v) is 6.03. The van der Waals surface area contributed by atoms with Crippen molar-refractivity contribution in [1.29, 1.82) is 0 Å². The van der Waals surface area contributed by atoms with Crippen LogP contribution in [0.2, 0.25) is 0 Å². The van der Waals surface area contributed by atoms with Crippen LogP contribution >= 0.6 is 0 Å². The highest BCUT2D eigenvalue weighted by Gasteiger charge is 2.33. The van der Waals surface area contributed by atoms with Crippen molar-refractivity contribution in [3.05, 3.63) is 51.7 Å². The molecule has 5 rings (SSSR count). The molecule has 1 aliphatic carbocycles. The number of alkyl halides is 3. The van der Waals surface area contributed by atoms with Gasteiger partial charge in [0.05, 0.1) is 24.1 Å². The zero-order valence-electron chi connectivity index (χ0n) is 27.9. The molecule has 3 heterocycles. The summed E-state index contributed by atoms with van der Waals surface area (Å²) in [6.45, 7) is 8.28. The topological polar surface area (TPSA) is 123 Å². The molecule has 0 atom stereocenters. The average molecular weight is 674 g/mol. The number of nitrogens with one attached hydrogen (secondary N) is 1. The Kier molecular flexibility index (Phi) is 10.1. The molecule has 0 saturated carbocycles. The zero-order chi connectivity index (χ0) is 34.8. The maximum atomic E-state index is 14.2. The maximum absolute atomic E-state index is 14.2. The molecular formula is C33H42F3N7O5. The van der Waals surface area contributed by atoms with Crippen molar-refractivity contribution in [3.8, 4) is 5.75 Å². The number of piperazine rings is 1. The highest BCUT2D eigenvalue weighted by atomic mass is 19.4. The standard InChI is InChI=1S/C33H42F3N7O5/c1-6-24-27(40-15-17-41(18-16-40)31(46)48-32(2,3)4)29(45)43-30(38-28(39-43)21-11-9-7-8-10-12-21)42(24)20-26(44)37-23-14-13-22(33(34,35)36)19-25(23)47-5/h11,13-14,19H,6-10,12,15-18,20H2,1-5H3,(H,37,44). The number of halogens is 3. The molecule has 0 spiro atoms. The van der Waals surface area contributed by atoms with Crippen molar-refractivity contribution in [3.63, 3.8) is 0 Å². The van der Waals surface area contributed by atoms with Gasteiger partial charge in [0.2, 0.25) is 11.7 Å². The summed E-state index contributed by atoms with van der Waals surface area (Å²) >= 11 is 0. The third kappa shape index (κ3) is 7.60. The van der Waals surface area contributed by atoms with Crippen LogP contribution in [0, 0.1) is 0 Å². The number of anilines is 2. The summed E-state index contributed by atoms with van der Waals surface area (Å²) in [6.07, 6.45) is 2.17. The molecule has 0 radical (unpaired) electrons. The summed E-state index contributed by atoms with van der Waals surface area (Å²) in [5, 5.41) is 7.30. The summed E-state index contributed by atoms with van der Waals surface area (Å²) in [5.74, 6) is -0.107. The summed E-state index contributed by atoms with van der Waals surface area (Å²) < 4.78 is 53.5. The Hall–Kier alpha value is -4.56. The number of aromatic nitrogens is 4. The Morgan fingerprint density at radius 3 is 2.42 bits per heavy atom. The number of benzene rings is 1. The first-order valence-electron chi connectivity index (χ1n) is 16.2. The van der Waals surface area contributed by atoms with Crippen molar-refractivity contribution in [2.24, 2.45) is 0 Å². The van der Waals surface area contributed by atoms with Gasteiger partial charge < -0.3 is 29.2 Å². The van der Waals surface area contributed by atoms with Crippen molar-refractivity contribution in [2.45, 2.75) is 84.5 Å². The third-order valence-corrected chi connectivity index (χ3v) is 8.34. The number of hydrogen-bond acceptors (Lipinski definition) is 8. The van der Waals surface area contributed by atoms with Crippen molar-refractivity contribution >= 4 is 34.7 Å². The number of rotatable bonds is 7. The van der Waals surface area contributed by atoms with Gasteiger partial charge in [-0.2, -0.15) is 22.7 Å². The van der Waals surface area contributed by atoms with Gasteiger partial charge in [0.15, 0.2) is 5.82 Å². The van der Waals surface area contributed by atoms with E-state index < -0.39 is 29.3 Å². The normalized spacial score (nSPS) is 16.0. The van der Waals surface area contributed by atoms with Gasteiger partial charge in [-0.15, -0.1) is 5.10 Å². The van der Waals surface area contributed by atoms with Gasteiger partial charge in [-0.25, -0.2) is 4.79 Å². The Labute approximate surface area is 276 Å². The third-order valence-electron chi connectivity index (χ3n) is 8.34. The summed E-state index contributed by atoms with van der Waals surface area (Å²) in [4.78, 5) is 48.7. The molecule has 1 N–H and O–H groups in total. The molecule has 0 unspecified atom stereocenters. The minimum atomic E-state index is -4.58. The summed E-state index contributed by atoms with van der Waals surface area (Å²) in [7, 11) is 1.22. The largest absolute Gasteiger partial charge is 0.495 e. The zero-order valence-corrected chi connectivity index (χ0v) is 27.9. The second kappa shape index (κ2) is 13.9. The van der Waals surface area contributed by atoms with Gasteiger partial charge in [-0.05, 0) is 76.6 Å². The van der Waals surface area contributed by atoms with Crippen LogP contribution in [0.15, 0.2) is 29.1 Å². The molecule has 2 aliphatic rings. The molecule has 1 aromatic carbocycles. The predicted molar refractivity (Wildman–Crippen MR) is 174 cm³/mol. The van der Waals surface area contributed by atoms with Crippen LogP contribution < -0.4 is 20.5 Å². The lowest BCUT2D eigenvalue weighted by atomic mass is 10.1. The first-order valence-corrected chi connectivity index (χ1v) is 16.2. The van der Waals surface area contributed by atoms with Crippen LogP contribution in [0.1, 0.15) is 76.9 Å². The minimum absolute atomic E-state index is 0.0647. The number of allylic oxidation sites excluding steroid dienone is 2. The molecule has 2 amide bonds. The van der Waals surface area contributed by atoms with Gasteiger partial charge >= 0.3 is 12.3 Å². The van der Waals surface area contributed by atoms with E-state index in [1.807, 2.05) is 11.8 Å². The average Bonchev–Trinajstić information content (AvgIpc) is 3.29. The maximum Gasteiger partial charge on any atom is 0.416 e. The minimum Gasteiger partial charge on any atom is -0.495 e. The van der Waals surface area contributed by atoms with Gasteiger partial charge in [0.25, 0.3) is 5.56 Å². The van der Waals surface area contributed by atoms with Crippen molar-refractivity contribution in [1.82, 2.24) is 24.1 Å². The Morgan fingerprint density at radius 2 is 1.77 bits per heavy atom. The van der Waals surface area contributed by atoms with Gasteiger partial charge in [0, 0.05) is 26.2 Å². The smallest absolute Gasteiger partial charge is 0.416 e. The Morgan fingerprint density at radius 1 is 1.04 bits per heavy atom. The molecule has 15 heteroatoms. The van der Waals surface area contributed by atoms with Gasteiger partial charge in [-0.1, -0.05) is 19.4 Å². The van der Waals surface area contributed by atoms with Crippen LogP contribution in [0.25, 0.3) is 11.4 Å². The van der Waals surface area contributed by atoms with E-state index in [2.05, 4.69) is 16.5 Å². The number of ether oxygens (including phenoxy) is 2. The molecular weight excluding hydrogens is 631 g/mol. The molecule has 260 valence electrons. The van der Waals surface area contributed by atoms with E-state index >= 15 is 0 Å². The van der Waals surface area contributed by atoms with Crippen LogP contribution in [-0.4, -0.2) is 75.0 Å². The second-order valence-corrected chi connectivity index (χ2v) is 12.9. The molecule has 1 fully saturated rings. The highest BCUT2D eigenvalue weighted by molar-refractivity contribution is 5.92. The highest BCUT2D eigenvalue weighted by Crippen LogP contribution is 2.35. The molecule has 48 heavy (non-hydrogen) atoms. The second-order valence-electron chi connectivity index (χ2n) is 12.9. The van der Waals surface area contributed by atoms with E-state index in [1.165, 1.54) is 11.6 Å². The lowest BCUT2D eigenvalue weighted by Crippen LogP contribution is -2.51. The van der Waals surface area contributed by atoms with E-state index in [9.17, 15) is 27.6 Å². The monoisotopic (exact) mass is 673 g/mol. The van der Waals surface area contributed by atoms with E-state index in [4.69, 9.17) is 14.5 Å². The van der Waals surface area contributed by atoms with Crippen LogP contribution in [0.3, 0.4) is 0 Å². The van der Waals surface area contributed by atoms with Gasteiger partial charge in [0.1, 0.15) is 23.6 Å². The first-order chi connectivity index (χ1) is 22.7. The quantitative estimate of drug-likeness (QED) is 0.348. The van der Waals surface area contributed by atoms with Crippen LogP contribution in [-0.2, 0) is 28.7 Å². The molecule has 2 aromatic heterocycles. The Balaban J connectivity index is 1.53. The summed E-state index contributed by atoms with van der Waals surface area (Å²) in [5.41, 5.74) is -0.0528. The number of carbonyl (C=O) groups is 2. The fourth-order valence-electron chi connectivity index (χ4n) is 6.03. The number of methoxy groups -OCH3 is 1. The van der Waals surface area contributed by atoms with E-state index in [1.54, 1.807) is 30.2 Å². The van der Waals surface area contributed by atoms with E-state index in [-0.39, 0.29) is 29.3 Å². The number of carbonyl (C=O) groups excluding carboxylic acids is 2.